The Kier molecular flexibility index (Phi) is 7.18. The van der Waals surface area contributed by atoms with Crippen LogP contribution >= 0.6 is 11.6 Å². The fraction of sp³-hybridized carbons (Fsp3) is 0.724. The molecule has 1 saturated heterocycles. The molecule has 3 saturated carbocycles. The molecule has 2 amide bonds. The van der Waals surface area contributed by atoms with Crippen molar-refractivity contribution in [1.82, 2.24) is 10.6 Å². The van der Waals surface area contributed by atoms with Gasteiger partial charge in [-0.1, -0.05) is 51.4 Å². The number of aliphatic hydroxyl groups excluding tert-OH is 1. The minimum atomic E-state index is -0.969. The maximum atomic E-state index is 13.5. The fourth-order valence-corrected chi connectivity index (χ4v) is 6.90. The molecule has 1 aromatic rings. The third-order valence-corrected chi connectivity index (χ3v) is 9.63. The van der Waals surface area contributed by atoms with Crippen molar-refractivity contribution in [3.8, 4) is 0 Å². The first kappa shape index (κ1) is 28.2. The molecule has 4 aliphatic rings. The first-order valence-corrected chi connectivity index (χ1v) is 13.7. The van der Waals surface area contributed by atoms with E-state index in [1.807, 2.05) is 32.0 Å². The van der Waals surface area contributed by atoms with E-state index in [0.29, 0.717) is 24.3 Å². The lowest BCUT2D eigenvalue weighted by molar-refractivity contribution is -0.199. The number of carbonyl (C=O) groups excluding carboxylic acids is 2. The average Bonchev–Trinajstić information content (AvgIpc) is 2.76. The number of nitrogens with one attached hydrogen (secondary N) is 2. The van der Waals surface area contributed by atoms with Crippen molar-refractivity contribution in [2.45, 2.75) is 90.3 Å². The number of amides is 2. The normalized spacial score (nSPS) is 34.1. The lowest BCUT2D eigenvalue weighted by atomic mass is 9.39. The number of aryl methyl sites for hydroxylation is 1. The Hall–Kier alpha value is -1.83. The summed E-state index contributed by atoms with van der Waals surface area (Å²) in [5.41, 5.74) is -0.198. The minimum absolute atomic E-state index is 0.0524. The van der Waals surface area contributed by atoms with Gasteiger partial charge in [-0.15, -0.1) is 0 Å². The van der Waals surface area contributed by atoms with Gasteiger partial charge in [0.2, 0.25) is 0 Å². The van der Waals surface area contributed by atoms with E-state index in [2.05, 4.69) is 38.3 Å². The third kappa shape index (κ3) is 4.99. The molecule has 0 spiro atoms. The maximum absolute atomic E-state index is 13.5. The summed E-state index contributed by atoms with van der Waals surface area (Å²) in [7, 11) is 1.40. The third-order valence-electron chi connectivity index (χ3n) is 9.28. The van der Waals surface area contributed by atoms with Gasteiger partial charge < -0.3 is 25.2 Å². The molecule has 3 N–H and O–H groups in total. The van der Waals surface area contributed by atoms with Crippen LogP contribution in [0.4, 0.5) is 4.79 Å². The molecule has 1 heterocycles. The molecule has 3 unspecified atom stereocenters. The highest BCUT2D eigenvalue weighted by Crippen LogP contribution is 2.67. The Morgan fingerprint density at radius 3 is 2.38 bits per heavy atom. The number of urea groups is 1. The molecule has 37 heavy (non-hydrogen) atoms. The van der Waals surface area contributed by atoms with Crippen molar-refractivity contribution in [3.05, 3.63) is 34.3 Å². The zero-order valence-electron chi connectivity index (χ0n) is 23.3. The number of carbonyl (C=O) groups is 2. The number of halogens is 1. The molecule has 2 bridgehead atoms. The first-order chi connectivity index (χ1) is 17.1. The van der Waals surface area contributed by atoms with Gasteiger partial charge in [-0.05, 0) is 74.5 Å². The van der Waals surface area contributed by atoms with Crippen LogP contribution in [0.2, 0.25) is 5.02 Å². The van der Waals surface area contributed by atoms with Crippen LogP contribution < -0.4 is 10.6 Å². The molecular weight excluding hydrogens is 492 g/mol. The number of ether oxygens (including phenoxy) is 2. The minimum Gasteiger partial charge on any atom is -0.469 e. The number of esters is 1. The van der Waals surface area contributed by atoms with E-state index >= 15 is 0 Å². The Morgan fingerprint density at radius 1 is 1.19 bits per heavy atom. The fourth-order valence-electron chi connectivity index (χ4n) is 6.63. The van der Waals surface area contributed by atoms with Crippen molar-refractivity contribution in [2.24, 2.45) is 22.7 Å². The van der Waals surface area contributed by atoms with Crippen molar-refractivity contribution >= 4 is 23.6 Å². The van der Waals surface area contributed by atoms with E-state index in [-0.39, 0.29) is 48.0 Å². The molecule has 3 atom stereocenters. The summed E-state index contributed by atoms with van der Waals surface area (Å²) < 4.78 is 11.3. The molecule has 3 aliphatic carbocycles. The molecule has 7 nitrogen and oxygen atoms in total. The second kappa shape index (κ2) is 9.42. The number of hydrogen-bond donors (Lipinski definition) is 3. The zero-order chi connectivity index (χ0) is 27.4. The lowest BCUT2D eigenvalue weighted by Crippen LogP contribution is -2.78. The molecule has 4 fully saturated rings. The average molecular weight is 535 g/mol. The van der Waals surface area contributed by atoms with Crippen LogP contribution in [-0.4, -0.2) is 48.6 Å². The van der Waals surface area contributed by atoms with Crippen LogP contribution in [0.3, 0.4) is 0 Å². The summed E-state index contributed by atoms with van der Waals surface area (Å²) in [6.07, 6.45) is 3.62. The van der Waals surface area contributed by atoms with Gasteiger partial charge in [-0.25, -0.2) is 4.79 Å². The second-order valence-electron chi connectivity index (χ2n) is 13.5. The van der Waals surface area contributed by atoms with E-state index in [1.54, 1.807) is 0 Å². The number of methoxy groups -OCH3 is 1. The van der Waals surface area contributed by atoms with E-state index in [9.17, 15) is 14.7 Å². The molecule has 0 radical (unpaired) electrons. The molecule has 5 rings (SSSR count). The van der Waals surface area contributed by atoms with Gasteiger partial charge >= 0.3 is 12.0 Å². The van der Waals surface area contributed by atoms with E-state index in [0.717, 1.165) is 24.0 Å². The number of benzene rings is 1. The number of rotatable bonds is 7. The second-order valence-corrected chi connectivity index (χ2v) is 13.9. The number of aliphatic hydroxyl groups is 1. The highest BCUT2D eigenvalue weighted by molar-refractivity contribution is 6.31. The van der Waals surface area contributed by atoms with E-state index in [1.165, 1.54) is 7.11 Å². The van der Waals surface area contributed by atoms with Gasteiger partial charge in [-0.2, -0.15) is 0 Å². The zero-order valence-corrected chi connectivity index (χ0v) is 24.1. The van der Waals surface area contributed by atoms with Crippen molar-refractivity contribution < 1.29 is 24.2 Å². The highest BCUT2D eigenvalue weighted by Gasteiger charge is 2.73. The Morgan fingerprint density at radius 2 is 1.84 bits per heavy atom. The number of hydrogen-bond acceptors (Lipinski definition) is 5. The Labute approximate surface area is 226 Å². The van der Waals surface area contributed by atoms with Crippen molar-refractivity contribution in [1.29, 1.82) is 0 Å². The van der Waals surface area contributed by atoms with Crippen molar-refractivity contribution in [2.75, 3.05) is 20.3 Å². The van der Waals surface area contributed by atoms with Crippen LogP contribution in [0.25, 0.3) is 0 Å². The lowest BCUT2D eigenvalue weighted by Gasteiger charge is -2.68. The molecular formula is C29H43ClN2O5. The summed E-state index contributed by atoms with van der Waals surface area (Å²) in [6.45, 7) is 12.8. The predicted octanol–water partition coefficient (Wildman–Crippen LogP) is 4.96. The SMILES string of the molecule is COC(=O)C12CC(NC(=O)NC3(c4ccc(CCC(C)(C)C)c(Cl)c4)COC(C)(C)C(C)C3CO)(C1)C2. The largest absolute Gasteiger partial charge is 0.469 e. The van der Waals surface area contributed by atoms with Gasteiger partial charge in [0, 0.05) is 23.1 Å². The highest BCUT2D eigenvalue weighted by atomic mass is 35.5. The van der Waals surface area contributed by atoms with Gasteiger partial charge in [0.25, 0.3) is 0 Å². The summed E-state index contributed by atoms with van der Waals surface area (Å²) >= 11 is 6.79. The molecule has 1 aromatic carbocycles. The smallest absolute Gasteiger partial charge is 0.316 e. The summed E-state index contributed by atoms with van der Waals surface area (Å²) in [5, 5.41) is 17.6. The summed E-state index contributed by atoms with van der Waals surface area (Å²) in [6, 6.07) is 5.63. The van der Waals surface area contributed by atoms with Gasteiger partial charge in [0.15, 0.2) is 0 Å². The predicted molar refractivity (Wildman–Crippen MR) is 143 cm³/mol. The molecule has 206 valence electrons. The van der Waals surface area contributed by atoms with Crippen LogP contribution in [0, 0.1) is 22.7 Å². The van der Waals surface area contributed by atoms with E-state index in [4.69, 9.17) is 21.1 Å². The van der Waals surface area contributed by atoms with Crippen LogP contribution in [0.5, 0.6) is 0 Å². The quantitative estimate of drug-likeness (QED) is 0.429. The summed E-state index contributed by atoms with van der Waals surface area (Å²) in [4.78, 5) is 25.5. The monoisotopic (exact) mass is 534 g/mol. The van der Waals surface area contributed by atoms with E-state index < -0.39 is 16.6 Å². The molecule has 0 aromatic heterocycles. The van der Waals surface area contributed by atoms with Gasteiger partial charge in [-0.3, -0.25) is 4.79 Å². The Bertz CT molecular complexity index is 1050. The van der Waals surface area contributed by atoms with Crippen LogP contribution in [0.1, 0.15) is 78.4 Å². The van der Waals surface area contributed by atoms with Gasteiger partial charge in [0.1, 0.15) is 0 Å². The standard InChI is InChI=1S/C29H43ClN2O5/c1-18-21(13-33)29(17-37-26(18,5)6,20-9-8-19(22(30)12-20)10-11-25(2,3)4)32-24(35)31-28-14-27(15-28,16-28)23(34)36-7/h8-9,12,18,21,33H,10-11,13-17H2,1-7H3,(H2,31,32,35). The van der Waals surface area contributed by atoms with Crippen molar-refractivity contribution in [3.63, 3.8) is 0 Å². The summed E-state index contributed by atoms with van der Waals surface area (Å²) in [5.74, 6) is -0.553. The maximum Gasteiger partial charge on any atom is 0.316 e. The Balaban J connectivity index is 1.60. The van der Waals surface area contributed by atoms with Crippen LogP contribution in [0.15, 0.2) is 18.2 Å². The van der Waals surface area contributed by atoms with Gasteiger partial charge in [0.05, 0.1) is 30.3 Å². The first-order valence-electron chi connectivity index (χ1n) is 13.3. The van der Waals surface area contributed by atoms with Crippen LogP contribution in [-0.2, 0) is 26.2 Å². The molecule has 8 heteroatoms. The topological polar surface area (TPSA) is 96.9 Å². The molecule has 1 aliphatic heterocycles.